The average Bonchev–Trinajstić information content (AvgIpc) is 2.46. The van der Waals surface area contributed by atoms with Crippen molar-refractivity contribution >= 4 is 11.9 Å². The van der Waals surface area contributed by atoms with Crippen LogP contribution in [0.5, 0.6) is 0 Å². The van der Waals surface area contributed by atoms with Crippen molar-refractivity contribution in [2.45, 2.75) is 64.1 Å². The van der Waals surface area contributed by atoms with E-state index in [4.69, 9.17) is 9.47 Å². The second-order valence-corrected chi connectivity index (χ2v) is 5.49. The lowest BCUT2D eigenvalue weighted by Crippen LogP contribution is -2.40. The maximum atomic E-state index is 11.3. The first kappa shape index (κ1) is 17.7. The molecule has 5 nitrogen and oxygen atoms in total. The Morgan fingerprint density at radius 3 is 2.67 bits per heavy atom. The molecular weight excluding hydrogens is 272 g/mol. The van der Waals surface area contributed by atoms with Gasteiger partial charge < -0.3 is 14.6 Å². The van der Waals surface area contributed by atoms with Gasteiger partial charge in [0.05, 0.1) is 12.0 Å². The minimum atomic E-state index is -0.918. The van der Waals surface area contributed by atoms with Gasteiger partial charge in [-0.1, -0.05) is 32.8 Å². The van der Waals surface area contributed by atoms with Gasteiger partial charge in [0.15, 0.2) is 0 Å². The van der Waals surface area contributed by atoms with E-state index in [1.807, 2.05) is 0 Å². The Bertz CT molecular complexity index is 353. The standard InChI is InChI=1S/C16H26O5/c1-3-5-6-7-10-20-12-8-9-13(16(18)19)14(11-12)21-15(17)4-2/h4,12-14H,2-3,5-11H2,1H3,(H,18,19). The van der Waals surface area contributed by atoms with Crippen molar-refractivity contribution in [2.24, 2.45) is 5.92 Å². The second kappa shape index (κ2) is 9.55. The van der Waals surface area contributed by atoms with Gasteiger partial charge in [-0.3, -0.25) is 4.79 Å². The van der Waals surface area contributed by atoms with Crippen molar-refractivity contribution in [1.82, 2.24) is 0 Å². The molecule has 0 radical (unpaired) electrons. The predicted octanol–water partition coefficient (Wildman–Crippen LogP) is 2.93. The highest BCUT2D eigenvalue weighted by atomic mass is 16.5. The fourth-order valence-corrected chi connectivity index (χ4v) is 2.63. The number of aliphatic carboxylic acids is 1. The van der Waals surface area contributed by atoms with E-state index >= 15 is 0 Å². The van der Waals surface area contributed by atoms with E-state index in [-0.39, 0.29) is 6.10 Å². The number of hydrogen-bond donors (Lipinski definition) is 1. The molecule has 1 fully saturated rings. The van der Waals surface area contributed by atoms with Crippen LogP contribution in [0, 0.1) is 5.92 Å². The number of hydrogen-bond acceptors (Lipinski definition) is 4. The summed E-state index contributed by atoms with van der Waals surface area (Å²) >= 11 is 0. The SMILES string of the molecule is C=CC(=O)OC1CC(OCCCCCC)CCC1C(=O)O. The molecule has 0 amide bonds. The molecule has 0 spiro atoms. The van der Waals surface area contributed by atoms with Crippen molar-refractivity contribution in [3.63, 3.8) is 0 Å². The molecule has 0 heterocycles. The van der Waals surface area contributed by atoms with E-state index in [9.17, 15) is 14.7 Å². The fraction of sp³-hybridized carbons (Fsp3) is 0.750. The van der Waals surface area contributed by atoms with Gasteiger partial charge in [-0.15, -0.1) is 0 Å². The van der Waals surface area contributed by atoms with Gasteiger partial charge in [-0.05, 0) is 19.3 Å². The Balaban J connectivity index is 2.42. The minimum Gasteiger partial charge on any atom is -0.481 e. The topological polar surface area (TPSA) is 72.8 Å². The first-order valence-corrected chi connectivity index (χ1v) is 7.76. The van der Waals surface area contributed by atoms with E-state index in [1.54, 1.807) is 0 Å². The zero-order valence-electron chi connectivity index (χ0n) is 12.8. The van der Waals surface area contributed by atoms with Gasteiger partial charge in [0.2, 0.25) is 0 Å². The number of carboxylic acid groups (broad SMARTS) is 1. The lowest BCUT2D eigenvalue weighted by Gasteiger charge is -2.33. The van der Waals surface area contributed by atoms with Crippen LogP contribution in [-0.4, -0.2) is 35.9 Å². The summed E-state index contributed by atoms with van der Waals surface area (Å²) in [6, 6.07) is 0. The van der Waals surface area contributed by atoms with Crippen molar-refractivity contribution in [1.29, 1.82) is 0 Å². The summed E-state index contributed by atoms with van der Waals surface area (Å²) in [4.78, 5) is 22.5. The molecule has 120 valence electrons. The van der Waals surface area contributed by atoms with E-state index in [0.29, 0.717) is 25.9 Å². The van der Waals surface area contributed by atoms with E-state index in [2.05, 4.69) is 13.5 Å². The summed E-state index contributed by atoms with van der Waals surface area (Å²) in [6.07, 6.45) is 6.60. The van der Waals surface area contributed by atoms with Crippen molar-refractivity contribution in [2.75, 3.05) is 6.61 Å². The molecule has 0 bridgehead atoms. The molecule has 1 rings (SSSR count). The first-order valence-electron chi connectivity index (χ1n) is 7.76. The van der Waals surface area contributed by atoms with Gasteiger partial charge in [0.1, 0.15) is 6.10 Å². The Morgan fingerprint density at radius 1 is 1.29 bits per heavy atom. The summed E-state index contributed by atoms with van der Waals surface area (Å²) in [5, 5.41) is 9.20. The number of carboxylic acids is 1. The number of rotatable bonds is 9. The monoisotopic (exact) mass is 298 g/mol. The molecule has 3 unspecified atom stereocenters. The summed E-state index contributed by atoms with van der Waals surface area (Å²) < 4.78 is 11.0. The zero-order valence-corrected chi connectivity index (χ0v) is 12.8. The highest BCUT2D eigenvalue weighted by Crippen LogP contribution is 2.29. The third-order valence-electron chi connectivity index (χ3n) is 3.85. The van der Waals surface area contributed by atoms with Crippen LogP contribution < -0.4 is 0 Å². The summed E-state index contributed by atoms with van der Waals surface area (Å²) in [5.74, 6) is -2.14. The number of ether oxygens (including phenoxy) is 2. The number of carbonyl (C=O) groups excluding carboxylic acids is 1. The number of esters is 1. The molecule has 1 N–H and O–H groups in total. The lowest BCUT2D eigenvalue weighted by molar-refractivity contribution is -0.162. The molecular formula is C16H26O5. The molecule has 3 atom stereocenters. The lowest BCUT2D eigenvalue weighted by atomic mass is 9.84. The van der Waals surface area contributed by atoms with Crippen LogP contribution in [0.3, 0.4) is 0 Å². The van der Waals surface area contributed by atoms with Crippen LogP contribution in [-0.2, 0) is 19.1 Å². The van der Waals surface area contributed by atoms with E-state index in [1.165, 1.54) is 12.8 Å². The molecule has 0 aromatic heterocycles. The maximum absolute atomic E-state index is 11.3. The maximum Gasteiger partial charge on any atom is 0.330 e. The zero-order chi connectivity index (χ0) is 15.7. The van der Waals surface area contributed by atoms with Gasteiger partial charge in [-0.25, -0.2) is 4.79 Å². The quantitative estimate of drug-likeness (QED) is 0.402. The normalized spacial score (nSPS) is 25.3. The van der Waals surface area contributed by atoms with Crippen LogP contribution in [0.2, 0.25) is 0 Å². The van der Waals surface area contributed by atoms with Gasteiger partial charge in [0.25, 0.3) is 0 Å². The van der Waals surface area contributed by atoms with Gasteiger partial charge in [0, 0.05) is 19.1 Å². The molecule has 5 heteroatoms. The van der Waals surface area contributed by atoms with Gasteiger partial charge >= 0.3 is 11.9 Å². The second-order valence-electron chi connectivity index (χ2n) is 5.49. The van der Waals surface area contributed by atoms with Crippen LogP contribution in [0.4, 0.5) is 0 Å². The number of carbonyl (C=O) groups is 2. The number of unbranched alkanes of at least 4 members (excludes halogenated alkanes) is 3. The summed E-state index contributed by atoms with van der Waals surface area (Å²) in [5.41, 5.74) is 0. The molecule has 1 aliphatic carbocycles. The van der Waals surface area contributed by atoms with Gasteiger partial charge in [-0.2, -0.15) is 0 Å². The molecule has 21 heavy (non-hydrogen) atoms. The van der Waals surface area contributed by atoms with Crippen molar-refractivity contribution in [3.8, 4) is 0 Å². The average molecular weight is 298 g/mol. The Kier molecular flexibility index (Phi) is 8.05. The van der Waals surface area contributed by atoms with E-state index in [0.717, 1.165) is 18.9 Å². The van der Waals surface area contributed by atoms with Crippen molar-refractivity contribution < 1.29 is 24.2 Å². The third-order valence-corrected chi connectivity index (χ3v) is 3.85. The molecule has 0 aliphatic heterocycles. The Morgan fingerprint density at radius 2 is 2.05 bits per heavy atom. The Labute approximate surface area is 126 Å². The molecule has 0 aromatic rings. The predicted molar refractivity (Wildman–Crippen MR) is 78.9 cm³/mol. The Hall–Kier alpha value is -1.36. The smallest absolute Gasteiger partial charge is 0.330 e. The largest absolute Gasteiger partial charge is 0.481 e. The highest BCUT2D eigenvalue weighted by Gasteiger charge is 2.37. The van der Waals surface area contributed by atoms with Crippen LogP contribution in [0.15, 0.2) is 12.7 Å². The molecule has 1 saturated carbocycles. The summed E-state index contributed by atoms with van der Waals surface area (Å²) in [7, 11) is 0. The van der Waals surface area contributed by atoms with Crippen LogP contribution in [0.25, 0.3) is 0 Å². The first-order chi connectivity index (χ1) is 10.1. The van der Waals surface area contributed by atoms with E-state index < -0.39 is 24.0 Å². The summed E-state index contributed by atoms with van der Waals surface area (Å²) in [6.45, 7) is 6.18. The van der Waals surface area contributed by atoms with Crippen LogP contribution in [0.1, 0.15) is 51.9 Å². The van der Waals surface area contributed by atoms with Crippen molar-refractivity contribution in [3.05, 3.63) is 12.7 Å². The third kappa shape index (κ3) is 6.29. The fourth-order valence-electron chi connectivity index (χ4n) is 2.63. The molecule has 0 saturated heterocycles. The molecule has 1 aliphatic rings. The van der Waals surface area contributed by atoms with Crippen LogP contribution >= 0.6 is 0 Å². The minimum absolute atomic E-state index is 0.0233. The highest BCUT2D eigenvalue weighted by molar-refractivity contribution is 5.82. The molecule has 0 aromatic carbocycles.